The van der Waals surface area contributed by atoms with Crippen LogP contribution in [0.4, 0.5) is 0 Å². The molecule has 2 rings (SSSR count). The number of benzene rings is 1. The van der Waals surface area contributed by atoms with E-state index in [9.17, 15) is 0 Å². The van der Waals surface area contributed by atoms with Gasteiger partial charge in [-0.25, -0.2) is 0 Å². The first-order valence-electron chi connectivity index (χ1n) is 7.33. The Morgan fingerprint density at radius 1 is 1.14 bits per heavy atom. The van der Waals surface area contributed by atoms with E-state index in [2.05, 4.69) is 12.2 Å². The number of hydrogen-bond donors (Lipinski definition) is 1. The molecule has 4 nitrogen and oxygen atoms in total. The molecule has 1 saturated heterocycles. The summed E-state index contributed by atoms with van der Waals surface area (Å²) in [5.74, 6) is 4.53. The molecule has 2 unspecified atom stereocenters. The minimum Gasteiger partial charge on any atom is -0.493 e. The highest BCUT2D eigenvalue weighted by molar-refractivity contribution is 7.99. The van der Waals surface area contributed by atoms with Gasteiger partial charge in [0, 0.05) is 17.8 Å². The topological polar surface area (TPSA) is 39.7 Å². The Labute approximate surface area is 131 Å². The Bertz CT molecular complexity index is 436. The lowest BCUT2D eigenvalue weighted by Gasteiger charge is -2.27. The van der Waals surface area contributed by atoms with Crippen LogP contribution in [0.3, 0.4) is 0 Å². The minimum absolute atomic E-state index is 0.252. The smallest absolute Gasteiger partial charge is 0.203 e. The van der Waals surface area contributed by atoms with E-state index in [1.54, 1.807) is 21.3 Å². The van der Waals surface area contributed by atoms with Gasteiger partial charge in [0.05, 0.1) is 21.3 Å². The summed E-state index contributed by atoms with van der Waals surface area (Å²) in [6, 6.07) is 4.88. The quantitative estimate of drug-likeness (QED) is 0.873. The molecule has 0 saturated carbocycles. The zero-order valence-electron chi connectivity index (χ0n) is 13.3. The summed E-state index contributed by atoms with van der Waals surface area (Å²) in [7, 11) is 4.93. The molecule has 0 bridgehead atoms. The van der Waals surface area contributed by atoms with Gasteiger partial charge in [-0.15, -0.1) is 0 Å². The van der Waals surface area contributed by atoms with Crippen LogP contribution < -0.4 is 19.5 Å². The van der Waals surface area contributed by atoms with Crippen LogP contribution in [0.25, 0.3) is 0 Å². The van der Waals surface area contributed by atoms with Crippen molar-refractivity contribution < 1.29 is 14.2 Å². The van der Waals surface area contributed by atoms with Crippen molar-refractivity contribution in [1.82, 2.24) is 5.32 Å². The van der Waals surface area contributed by atoms with Crippen LogP contribution in [0, 0.1) is 0 Å². The molecule has 1 fully saturated rings. The van der Waals surface area contributed by atoms with Crippen LogP contribution in [0.1, 0.15) is 31.4 Å². The SMILES string of the molecule is COc1cc(C(C)NC2CCCSC2)cc(OC)c1OC. The summed E-state index contributed by atoms with van der Waals surface area (Å²) in [6.45, 7) is 2.18. The van der Waals surface area contributed by atoms with Crippen molar-refractivity contribution in [3.63, 3.8) is 0 Å². The summed E-state index contributed by atoms with van der Waals surface area (Å²) in [6.07, 6.45) is 2.55. The van der Waals surface area contributed by atoms with Crippen LogP contribution >= 0.6 is 11.8 Å². The van der Waals surface area contributed by atoms with Crippen molar-refractivity contribution in [1.29, 1.82) is 0 Å². The minimum atomic E-state index is 0.252. The van der Waals surface area contributed by atoms with Gasteiger partial charge in [0.25, 0.3) is 0 Å². The predicted molar refractivity (Wildman–Crippen MR) is 88.0 cm³/mol. The lowest BCUT2D eigenvalue weighted by molar-refractivity contribution is 0.322. The van der Waals surface area contributed by atoms with Crippen LogP contribution in [-0.2, 0) is 0 Å². The monoisotopic (exact) mass is 311 g/mol. The fourth-order valence-corrected chi connectivity index (χ4v) is 3.76. The molecule has 21 heavy (non-hydrogen) atoms. The first-order valence-corrected chi connectivity index (χ1v) is 8.48. The third-order valence-electron chi connectivity index (χ3n) is 3.83. The van der Waals surface area contributed by atoms with E-state index in [1.165, 1.54) is 24.3 Å². The zero-order chi connectivity index (χ0) is 15.2. The fourth-order valence-electron chi connectivity index (χ4n) is 2.67. The second-order valence-corrected chi connectivity index (χ2v) is 6.41. The van der Waals surface area contributed by atoms with Gasteiger partial charge in [0.1, 0.15) is 0 Å². The van der Waals surface area contributed by atoms with Crippen LogP contribution in [0.5, 0.6) is 17.2 Å². The van der Waals surface area contributed by atoms with Crippen LogP contribution in [0.2, 0.25) is 0 Å². The largest absolute Gasteiger partial charge is 0.493 e. The molecule has 1 N–H and O–H groups in total. The summed E-state index contributed by atoms with van der Waals surface area (Å²) >= 11 is 2.03. The highest BCUT2D eigenvalue weighted by Gasteiger charge is 2.20. The Hall–Kier alpha value is -1.07. The van der Waals surface area contributed by atoms with Crippen molar-refractivity contribution >= 4 is 11.8 Å². The fraction of sp³-hybridized carbons (Fsp3) is 0.625. The molecule has 0 aliphatic carbocycles. The molecule has 2 atom stereocenters. The van der Waals surface area contributed by atoms with Gasteiger partial charge in [-0.2, -0.15) is 11.8 Å². The van der Waals surface area contributed by atoms with Gasteiger partial charge in [-0.05, 0) is 43.2 Å². The normalized spacial score (nSPS) is 19.9. The van der Waals surface area contributed by atoms with Gasteiger partial charge in [0.15, 0.2) is 11.5 Å². The molecule has 5 heteroatoms. The number of ether oxygens (including phenoxy) is 3. The maximum atomic E-state index is 5.42. The number of hydrogen-bond acceptors (Lipinski definition) is 5. The van der Waals surface area contributed by atoms with Crippen LogP contribution in [-0.4, -0.2) is 38.9 Å². The molecule has 1 heterocycles. The number of rotatable bonds is 6. The van der Waals surface area contributed by atoms with E-state index in [0.717, 1.165) is 5.56 Å². The molecule has 118 valence electrons. The number of thioether (sulfide) groups is 1. The highest BCUT2D eigenvalue weighted by Crippen LogP contribution is 2.39. The third kappa shape index (κ3) is 3.98. The molecular weight excluding hydrogens is 286 g/mol. The standard InChI is InChI=1S/C16H25NO3S/c1-11(17-13-6-5-7-21-10-13)12-8-14(18-2)16(20-4)15(9-12)19-3/h8-9,11,13,17H,5-7,10H2,1-4H3. The Morgan fingerprint density at radius 3 is 2.29 bits per heavy atom. The third-order valence-corrected chi connectivity index (χ3v) is 5.05. The summed E-state index contributed by atoms with van der Waals surface area (Å²) < 4.78 is 16.2. The van der Waals surface area contributed by atoms with Crippen molar-refractivity contribution in [3.8, 4) is 17.2 Å². The average Bonchev–Trinajstić information content (AvgIpc) is 2.54. The molecule has 0 spiro atoms. The maximum Gasteiger partial charge on any atom is 0.203 e. The zero-order valence-corrected chi connectivity index (χ0v) is 14.1. The highest BCUT2D eigenvalue weighted by atomic mass is 32.2. The second kappa shape index (κ2) is 7.80. The van der Waals surface area contributed by atoms with Crippen LogP contribution in [0.15, 0.2) is 12.1 Å². The average molecular weight is 311 g/mol. The predicted octanol–water partition coefficient (Wildman–Crippen LogP) is 3.26. The van der Waals surface area contributed by atoms with E-state index in [4.69, 9.17) is 14.2 Å². The summed E-state index contributed by atoms with van der Waals surface area (Å²) in [5.41, 5.74) is 1.15. The van der Waals surface area contributed by atoms with Crippen molar-refractivity contribution in [2.75, 3.05) is 32.8 Å². The molecule has 1 aromatic carbocycles. The Morgan fingerprint density at radius 2 is 1.81 bits per heavy atom. The van der Waals surface area contributed by atoms with Gasteiger partial charge in [-0.1, -0.05) is 0 Å². The van der Waals surface area contributed by atoms with Gasteiger partial charge in [-0.3, -0.25) is 0 Å². The Balaban J connectivity index is 2.17. The summed E-state index contributed by atoms with van der Waals surface area (Å²) in [5, 5.41) is 3.70. The molecule has 1 aliphatic rings. The lowest BCUT2D eigenvalue weighted by atomic mass is 10.0. The Kier molecular flexibility index (Phi) is 6.06. The van der Waals surface area contributed by atoms with E-state index >= 15 is 0 Å². The maximum absolute atomic E-state index is 5.42. The molecule has 1 aromatic rings. The van der Waals surface area contributed by atoms with Gasteiger partial charge >= 0.3 is 0 Å². The lowest BCUT2D eigenvalue weighted by Crippen LogP contribution is -2.35. The van der Waals surface area contributed by atoms with E-state index in [0.29, 0.717) is 23.3 Å². The van der Waals surface area contributed by atoms with Crippen molar-refractivity contribution in [2.45, 2.75) is 31.8 Å². The van der Waals surface area contributed by atoms with E-state index in [1.807, 2.05) is 23.9 Å². The first-order chi connectivity index (χ1) is 10.2. The second-order valence-electron chi connectivity index (χ2n) is 5.26. The van der Waals surface area contributed by atoms with Gasteiger partial charge in [0.2, 0.25) is 5.75 Å². The van der Waals surface area contributed by atoms with E-state index in [-0.39, 0.29) is 6.04 Å². The molecule has 0 radical (unpaired) electrons. The van der Waals surface area contributed by atoms with Crippen molar-refractivity contribution in [3.05, 3.63) is 17.7 Å². The molecular formula is C16H25NO3S. The summed E-state index contributed by atoms with van der Waals surface area (Å²) in [4.78, 5) is 0. The first kappa shape index (κ1) is 16.3. The molecule has 0 aromatic heterocycles. The van der Waals surface area contributed by atoms with E-state index < -0.39 is 0 Å². The van der Waals surface area contributed by atoms with Gasteiger partial charge < -0.3 is 19.5 Å². The van der Waals surface area contributed by atoms with Crippen molar-refractivity contribution in [2.24, 2.45) is 0 Å². The molecule has 0 amide bonds. The number of nitrogens with one attached hydrogen (secondary N) is 1. The molecule has 1 aliphatic heterocycles. The number of methoxy groups -OCH3 is 3.